The number of imide groups is 1. The van der Waals surface area contributed by atoms with Crippen LogP contribution in [0.5, 0.6) is 0 Å². The van der Waals surface area contributed by atoms with Crippen LogP contribution in [0.3, 0.4) is 0 Å². The molecule has 1 aliphatic heterocycles. The van der Waals surface area contributed by atoms with E-state index in [4.69, 9.17) is 0 Å². The van der Waals surface area contributed by atoms with Crippen molar-refractivity contribution in [2.75, 3.05) is 0 Å². The van der Waals surface area contributed by atoms with Crippen molar-refractivity contribution in [3.05, 3.63) is 46.9 Å². The van der Waals surface area contributed by atoms with E-state index in [1.54, 1.807) is 6.08 Å². The first-order chi connectivity index (χ1) is 7.25. The van der Waals surface area contributed by atoms with E-state index in [0.29, 0.717) is 11.3 Å². The molecule has 0 aromatic heterocycles. The summed E-state index contributed by atoms with van der Waals surface area (Å²) in [5.74, 6) is -0.291. The molecule has 2 amide bonds. The molecule has 0 unspecified atom stereocenters. The highest BCUT2D eigenvalue weighted by Gasteiger charge is 2.24. The standard InChI is InChI=1S/C11H9NO2S/c13-10-9(15-11(14)12-10)7-6-8-4-2-1-3-5-8/h1-5,7H,6H2,(H,12,13,14). The third-order valence-corrected chi connectivity index (χ3v) is 2.87. The molecule has 1 heterocycles. The van der Waals surface area contributed by atoms with E-state index in [1.807, 2.05) is 30.3 Å². The zero-order valence-corrected chi connectivity index (χ0v) is 8.71. The minimum Gasteiger partial charge on any atom is -0.282 e. The number of thioether (sulfide) groups is 1. The van der Waals surface area contributed by atoms with Gasteiger partial charge in [-0.1, -0.05) is 36.4 Å². The summed E-state index contributed by atoms with van der Waals surface area (Å²) in [7, 11) is 0. The van der Waals surface area contributed by atoms with Gasteiger partial charge < -0.3 is 0 Å². The van der Waals surface area contributed by atoms with Gasteiger partial charge in [0.2, 0.25) is 0 Å². The van der Waals surface area contributed by atoms with E-state index in [0.717, 1.165) is 17.3 Å². The number of rotatable bonds is 2. The van der Waals surface area contributed by atoms with Gasteiger partial charge in [-0.2, -0.15) is 0 Å². The average Bonchev–Trinajstić information content (AvgIpc) is 2.56. The molecule has 3 nitrogen and oxygen atoms in total. The molecule has 15 heavy (non-hydrogen) atoms. The van der Waals surface area contributed by atoms with Gasteiger partial charge in [0, 0.05) is 0 Å². The lowest BCUT2D eigenvalue weighted by atomic mass is 10.1. The molecule has 76 valence electrons. The minimum absolute atomic E-state index is 0.291. The second kappa shape index (κ2) is 4.31. The van der Waals surface area contributed by atoms with Crippen LogP contribution in [-0.2, 0) is 11.2 Å². The Hall–Kier alpha value is -1.55. The van der Waals surface area contributed by atoms with Crippen LogP contribution in [0.2, 0.25) is 0 Å². The van der Waals surface area contributed by atoms with Gasteiger partial charge in [-0.05, 0) is 23.7 Å². The number of hydrogen-bond donors (Lipinski definition) is 1. The quantitative estimate of drug-likeness (QED) is 0.775. The normalized spacial score (nSPS) is 18.3. The third kappa shape index (κ3) is 2.47. The first kappa shape index (κ1) is 9.98. The molecule has 0 bridgehead atoms. The lowest BCUT2D eigenvalue weighted by molar-refractivity contribution is -0.115. The smallest absolute Gasteiger partial charge is 0.282 e. The van der Waals surface area contributed by atoms with Crippen LogP contribution in [0, 0.1) is 0 Å². The molecule has 1 saturated heterocycles. The summed E-state index contributed by atoms with van der Waals surface area (Å²) in [6.45, 7) is 0. The fourth-order valence-corrected chi connectivity index (χ4v) is 1.94. The predicted octanol–water partition coefficient (Wildman–Crippen LogP) is 2.10. The van der Waals surface area contributed by atoms with Crippen molar-refractivity contribution in [1.82, 2.24) is 5.32 Å². The molecule has 0 saturated carbocycles. The van der Waals surface area contributed by atoms with Gasteiger partial charge in [-0.3, -0.25) is 14.9 Å². The molecule has 0 aliphatic carbocycles. The third-order valence-electron chi connectivity index (χ3n) is 2.01. The van der Waals surface area contributed by atoms with E-state index in [1.165, 1.54) is 0 Å². The van der Waals surface area contributed by atoms with Crippen molar-refractivity contribution in [3.63, 3.8) is 0 Å². The maximum atomic E-state index is 11.2. The van der Waals surface area contributed by atoms with Crippen LogP contribution in [0.1, 0.15) is 5.56 Å². The largest absolute Gasteiger partial charge is 0.290 e. The van der Waals surface area contributed by atoms with Gasteiger partial charge >= 0.3 is 0 Å². The van der Waals surface area contributed by atoms with E-state index in [2.05, 4.69) is 5.32 Å². The molecule has 1 aliphatic rings. The Bertz CT molecular complexity index is 425. The highest BCUT2D eigenvalue weighted by Crippen LogP contribution is 2.23. The summed E-state index contributed by atoms with van der Waals surface area (Å²) in [6, 6.07) is 9.80. The fraction of sp³-hybridized carbons (Fsp3) is 0.0909. The number of hydrogen-bond acceptors (Lipinski definition) is 3. The van der Waals surface area contributed by atoms with Gasteiger partial charge in [0.05, 0.1) is 4.91 Å². The summed E-state index contributed by atoms with van der Waals surface area (Å²) >= 11 is 0.954. The van der Waals surface area contributed by atoms with Crippen LogP contribution in [-0.4, -0.2) is 11.1 Å². The Labute approximate surface area is 91.6 Å². The lowest BCUT2D eigenvalue weighted by Crippen LogP contribution is -2.17. The summed E-state index contributed by atoms with van der Waals surface area (Å²) in [4.78, 5) is 22.5. The van der Waals surface area contributed by atoms with E-state index in [-0.39, 0.29) is 11.1 Å². The number of carbonyl (C=O) groups is 2. The zero-order chi connectivity index (χ0) is 10.7. The predicted molar refractivity (Wildman–Crippen MR) is 59.4 cm³/mol. The SMILES string of the molecule is O=C1NC(=O)C(=CCc2ccccc2)S1. The van der Waals surface area contributed by atoms with Gasteiger partial charge in [0.25, 0.3) is 11.1 Å². The number of carbonyl (C=O) groups excluding carboxylic acids is 2. The van der Waals surface area contributed by atoms with Crippen LogP contribution in [0.25, 0.3) is 0 Å². The summed E-state index contributed by atoms with van der Waals surface area (Å²) in [6.07, 6.45) is 2.45. The second-order valence-corrected chi connectivity index (χ2v) is 4.12. The topological polar surface area (TPSA) is 46.2 Å². The monoisotopic (exact) mass is 219 g/mol. The molecule has 2 rings (SSSR count). The van der Waals surface area contributed by atoms with Crippen molar-refractivity contribution in [1.29, 1.82) is 0 Å². The Morgan fingerprint density at radius 1 is 1.20 bits per heavy atom. The molecular formula is C11H9NO2S. The van der Waals surface area contributed by atoms with Crippen molar-refractivity contribution in [3.8, 4) is 0 Å². The Balaban J connectivity index is 2.06. The molecule has 1 aromatic carbocycles. The molecule has 1 fully saturated rings. The zero-order valence-electron chi connectivity index (χ0n) is 7.90. The minimum atomic E-state index is -0.292. The first-order valence-electron chi connectivity index (χ1n) is 4.53. The van der Waals surface area contributed by atoms with Crippen LogP contribution in [0.4, 0.5) is 4.79 Å². The Kier molecular flexibility index (Phi) is 2.87. The van der Waals surface area contributed by atoms with Crippen molar-refractivity contribution >= 4 is 22.9 Å². The van der Waals surface area contributed by atoms with Crippen molar-refractivity contribution < 1.29 is 9.59 Å². The van der Waals surface area contributed by atoms with E-state index >= 15 is 0 Å². The molecule has 1 N–H and O–H groups in total. The number of benzene rings is 1. The van der Waals surface area contributed by atoms with Crippen molar-refractivity contribution in [2.24, 2.45) is 0 Å². The highest BCUT2D eigenvalue weighted by molar-refractivity contribution is 8.18. The average molecular weight is 219 g/mol. The maximum absolute atomic E-state index is 11.2. The molecule has 0 atom stereocenters. The number of allylic oxidation sites excluding steroid dienone is 1. The summed E-state index contributed by atoms with van der Waals surface area (Å²) in [5, 5.41) is 1.93. The second-order valence-electron chi connectivity index (χ2n) is 3.10. The first-order valence-corrected chi connectivity index (χ1v) is 5.34. The maximum Gasteiger partial charge on any atom is 0.290 e. The van der Waals surface area contributed by atoms with E-state index in [9.17, 15) is 9.59 Å². The van der Waals surface area contributed by atoms with Crippen molar-refractivity contribution in [2.45, 2.75) is 6.42 Å². The Morgan fingerprint density at radius 3 is 2.53 bits per heavy atom. The van der Waals surface area contributed by atoms with Crippen LogP contribution >= 0.6 is 11.8 Å². The van der Waals surface area contributed by atoms with Gasteiger partial charge in [-0.15, -0.1) is 0 Å². The fourth-order valence-electron chi connectivity index (χ4n) is 1.29. The van der Waals surface area contributed by atoms with E-state index < -0.39 is 0 Å². The highest BCUT2D eigenvalue weighted by atomic mass is 32.2. The molecular weight excluding hydrogens is 210 g/mol. The summed E-state index contributed by atoms with van der Waals surface area (Å²) in [5.41, 5.74) is 1.12. The molecule has 4 heteroatoms. The van der Waals surface area contributed by atoms with Crippen LogP contribution in [0.15, 0.2) is 41.3 Å². The van der Waals surface area contributed by atoms with Crippen LogP contribution < -0.4 is 5.32 Å². The number of nitrogens with one attached hydrogen (secondary N) is 1. The molecule has 1 aromatic rings. The summed E-state index contributed by atoms with van der Waals surface area (Å²) < 4.78 is 0. The van der Waals surface area contributed by atoms with Gasteiger partial charge in [0.15, 0.2) is 0 Å². The molecule has 0 radical (unpaired) electrons. The molecule has 0 spiro atoms. The number of amides is 2. The van der Waals surface area contributed by atoms with Gasteiger partial charge in [0.1, 0.15) is 0 Å². The lowest BCUT2D eigenvalue weighted by Gasteiger charge is -1.95. The Morgan fingerprint density at radius 2 is 1.93 bits per heavy atom. The van der Waals surface area contributed by atoms with Gasteiger partial charge in [-0.25, -0.2) is 0 Å².